The van der Waals surface area contributed by atoms with Crippen LogP contribution in [0.1, 0.15) is 103 Å². The van der Waals surface area contributed by atoms with E-state index in [-0.39, 0.29) is 5.41 Å². The zero-order chi connectivity index (χ0) is 49.8. The number of pyridine rings is 2. The van der Waals surface area contributed by atoms with Gasteiger partial charge in [0.05, 0.1) is 16.4 Å². The van der Waals surface area contributed by atoms with Crippen molar-refractivity contribution in [3.63, 3.8) is 0 Å². The minimum Gasteiger partial charge on any atom is -0.201 e. The molecule has 0 radical (unpaired) electrons. The molecule has 0 saturated heterocycles. The Hall–Kier alpha value is -7.68. The zero-order valence-corrected chi connectivity index (χ0v) is 43.5. The Balaban J connectivity index is 1.02. The summed E-state index contributed by atoms with van der Waals surface area (Å²) in [5.41, 5.74) is 25.4. The molecule has 2 atom stereocenters. The quantitative estimate of drug-likeness (QED) is 0.0804. The van der Waals surface area contributed by atoms with Crippen LogP contribution in [0.2, 0.25) is 0 Å². The van der Waals surface area contributed by atoms with Gasteiger partial charge in [-0.15, -0.1) is 0 Å². The van der Waals surface area contributed by atoms with E-state index >= 15 is 0 Å². The van der Waals surface area contributed by atoms with E-state index in [2.05, 4.69) is 257 Å². The Morgan fingerprint density at radius 1 is 0.397 bits per heavy atom. The lowest BCUT2D eigenvalue weighted by Crippen LogP contribution is -2.30. The van der Waals surface area contributed by atoms with Crippen molar-refractivity contribution in [1.29, 1.82) is 0 Å². The van der Waals surface area contributed by atoms with Crippen LogP contribution in [0, 0.1) is 13.8 Å². The van der Waals surface area contributed by atoms with Crippen LogP contribution in [0.25, 0.3) is 77.8 Å². The third-order valence-electron chi connectivity index (χ3n) is 17.0. The molecule has 0 saturated carbocycles. The molecule has 0 aliphatic heterocycles. The molecule has 0 N–H and O–H groups in total. The summed E-state index contributed by atoms with van der Waals surface area (Å²) in [5, 5.41) is 2.52. The number of fused-ring (bicyclic) bond motifs is 7. The first-order chi connectivity index (χ1) is 35.7. The molecular formula is C71H66N2+2. The van der Waals surface area contributed by atoms with Crippen molar-refractivity contribution in [1.82, 2.24) is 0 Å². The first-order valence-electron chi connectivity index (χ1n) is 26.8. The number of hydrogen-bond acceptors (Lipinski definition) is 0. The van der Waals surface area contributed by atoms with E-state index < -0.39 is 5.41 Å². The molecule has 73 heavy (non-hydrogen) atoms. The van der Waals surface area contributed by atoms with Crippen LogP contribution in [-0.2, 0) is 24.9 Å². The van der Waals surface area contributed by atoms with Gasteiger partial charge in [0.1, 0.15) is 14.1 Å². The van der Waals surface area contributed by atoms with Gasteiger partial charge in [0.15, 0.2) is 12.4 Å². The molecule has 358 valence electrons. The second-order valence-corrected chi connectivity index (χ2v) is 21.4. The number of rotatable bonds is 13. The molecule has 0 amide bonds. The van der Waals surface area contributed by atoms with Crippen LogP contribution < -0.4 is 9.13 Å². The van der Waals surface area contributed by atoms with Crippen LogP contribution in [0.5, 0.6) is 0 Å². The van der Waals surface area contributed by atoms with E-state index in [0.29, 0.717) is 0 Å². The van der Waals surface area contributed by atoms with Gasteiger partial charge in [-0.2, -0.15) is 0 Å². The summed E-state index contributed by atoms with van der Waals surface area (Å²) in [6.07, 6.45) is 13.3. The van der Waals surface area contributed by atoms with Crippen LogP contribution in [0.15, 0.2) is 207 Å². The molecule has 2 heterocycles. The Morgan fingerprint density at radius 2 is 0.945 bits per heavy atom. The molecule has 2 nitrogen and oxygen atoms in total. The average Bonchev–Trinajstić information content (AvgIpc) is 3.85. The Labute approximate surface area is 433 Å². The maximum Gasteiger partial charge on any atom is 0.220 e. The lowest BCUT2D eigenvalue weighted by Gasteiger charge is -2.35. The summed E-state index contributed by atoms with van der Waals surface area (Å²) in [5.74, 6) is 0. The van der Waals surface area contributed by atoms with E-state index in [1.165, 1.54) is 161 Å². The van der Waals surface area contributed by atoms with Gasteiger partial charge in [-0.05, 0) is 151 Å². The molecule has 2 aliphatic rings. The van der Waals surface area contributed by atoms with Crippen molar-refractivity contribution in [2.24, 2.45) is 14.1 Å². The number of unbranched alkanes of at least 4 members (excludes halogenated alkanes) is 5. The van der Waals surface area contributed by atoms with Crippen molar-refractivity contribution in [2.45, 2.75) is 83.5 Å². The van der Waals surface area contributed by atoms with Crippen molar-refractivity contribution < 1.29 is 9.13 Å². The van der Waals surface area contributed by atoms with Gasteiger partial charge in [0, 0.05) is 29.2 Å². The van der Waals surface area contributed by atoms with E-state index in [1.54, 1.807) is 0 Å². The molecule has 0 spiro atoms. The lowest BCUT2D eigenvalue weighted by atomic mass is 9.67. The maximum atomic E-state index is 2.63. The highest BCUT2D eigenvalue weighted by Crippen LogP contribution is 2.61. The first kappa shape index (κ1) is 46.4. The molecule has 0 fully saturated rings. The maximum absolute atomic E-state index is 2.63. The number of benzene rings is 8. The van der Waals surface area contributed by atoms with Crippen LogP contribution in [0.3, 0.4) is 0 Å². The van der Waals surface area contributed by atoms with Crippen molar-refractivity contribution in [2.75, 3.05) is 0 Å². The molecule has 2 aliphatic carbocycles. The Morgan fingerprint density at radius 3 is 1.64 bits per heavy atom. The van der Waals surface area contributed by atoms with Gasteiger partial charge in [0.25, 0.3) is 0 Å². The van der Waals surface area contributed by atoms with Gasteiger partial charge in [-0.1, -0.05) is 192 Å². The first-order valence-corrected chi connectivity index (χ1v) is 26.8. The van der Waals surface area contributed by atoms with Crippen molar-refractivity contribution in [3.8, 4) is 67.0 Å². The summed E-state index contributed by atoms with van der Waals surface area (Å²) in [6.45, 7) is 9.30. The minimum atomic E-state index is -0.573. The molecule has 2 unspecified atom stereocenters. The molecular weight excluding hydrogens is 881 g/mol. The summed E-state index contributed by atoms with van der Waals surface area (Å²) in [6, 6.07) is 74.4. The molecule has 2 aromatic heterocycles. The van der Waals surface area contributed by atoms with Crippen molar-refractivity contribution >= 4 is 10.8 Å². The fourth-order valence-corrected chi connectivity index (χ4v) is 13.1. The monoisotopic (exact) mass is 947 g/mol. The average molecular weight is 947 g/mol. The van der Waals surface area contributed by atoms with Gasteiger partial charge in [-0.25, -0.2) is 9.13 Å². The van der Waals surface area contributed by atoms with Gasteiger partial charge < -0.3 is 0 Å². The van der Waals surface area contributed by atoms with Gasteiger partial charge >= 0.3 is 0 Å². The van der Waals surface area contributed by atoms with E-state index in [9.17, 15) is 0 Å². The predicted octanol–water partition coefficient (Wildman–Crippen LogP) is 17.2. The fraction of sp³-hybridized carbons (Fsp3) is 0.211. The second-order valence-electron chi connectivity index (χ2n) is 21.4. The number of hydrogen-bond donors (Lipinski definition) is 0. The summed E-state index contributed by atoms with van der Waals surface area (Å²) in [7, 11) is 4.30. The van der Waals surface area contributed by atoms with Crippen molar-refractivity contribution in [3.05, 3.63) is 251 Å². The number of aromatic nitrogens is 2. The van der Waals surface area contributed by atoms with E-state index in [4.69, 9.17) is 0 Å². The van der Waals surface area contributed by atoms with Gasteiger partial charge in [-0.3, -0.25) is 0 Å². The minimum absolute atomic E-state index is 0.0606. The lowest BCUT2D eigenvalue weighted by molar-refractivity contribution is -0.660. The topological polar surface area (TPSA) is 7.76 Å². The van der Waals surface area contributed by atoms with Crippen LogP contribution in [-0.4, -0.2) is 0 Å². The smallest absolute Gasteiger partial charge is 0.201 e. The summed E-state index contributed by atoms with van der Waals surface area (Å²) in [4.78, 5) is 0. The Bertz CT molecular complexity index is 3730. The summed E-state index contributed by atoms with van der Waals surface area (Å²) < 4.78 is 4.49. The highest BCUT2D eigenvalue weighted by molar-refractivity contribution is 5.95. The number of nitrogens with zero attached hydrogens (tertiary/aromatic N) is 2. The summed E-state index contributed by atoms with van der Waals surface area (Å²) >= 11 is 0. The third-order valence-corrected chi connectivity index (χ3v) is 17.0. The third kappa shape index (κ3) is 7.68. The van der Waals surface area contributed by atoms with Gasteiger partial charge in [0.2, 0.25) is 11.4 Å². The molecule has 2 heteroatoms. The molecule has 8 aromatic carbocycles. The van der Waals surface area contributed by atoms with E-state index in [0.717, 1.165) is 6.42 Å². The predicted molar refractivity (Wildman–Crippen MR) is 305 cm³/mol. The standard InChI is InChI=1S/C71H66N2/c1-7-8-9-10-11-19-41-70(4)64-25-16-14-23-58(64)62-47-67-63(46-66(62)70)59-24-15-17-26-65(59)71(67,55-36-32-50(33-37-55)53-30-28-48(2)60(44-53)68-27-18-20-42-72(68)5)56-38-34-51(35-39-56)54-31-29-49(3)61(45-54)69-57-22-13-12-21-52(57)40-43-73(69)6/h12-18,20-40,42-47H,7-11,19,41H2,1-6H3/q+2. The fourth-order valence-electron chi connectivity index (χ4n) is 13.1. The SMILES string of the molecule is CCCCCCCCC1(C)c2ccccc2-c2cc3c(cc21)-c1ccccc1C3(c1ccc(-c2ccc(C)c(-c3cccc[n+]3C)c2)cc1)c1ccc(-c2ccc(C)c(-c3c4ccccc4cc[n+]3C)c2)cc1. The normalized spacial score (nSPS) is 16.3. The largest absolute Gasteiger partial charge is 0.220 e. The molecule has 12 rings (SSSR count). The van der Waals surface area contributed by atoms with Crippen LogP contribution >= 0.6 is 0 Å². The van der Waals surface area contributed by atoms with E-state index in [1.807, 2.05) is 0 Å². The Kier molecular flexibility index (Phi) is 11.9. The zero-order valence-electron chi connectivity index (χ0n) is 43.5. The molecule has 0 bridgehead atoms. The highest BCUT2D eigenvalue weighted by atomic mass is 14.9. The molecule has 10 aromatic rings. The van der Waals surface area contributed by atoms with Crippen LogP contribution in [0.4, 0.5) is 0 Å². The highest BCUT2D eigenvalue weighted by Gasteiger charge is 2.49. The number of aryl methyl sites for hydroxylation is 4. The second kappa shape index (κ2) is 18.7.